The smallest absolute Gasteiger partial charge is 0.270 e. The number of thioether (sulfide) groups is 1. The Labute approximate surface area is 222 Å². The van der Waals surface area contributed by atoms with E-state index in [2.05, 4.69) is 20.7 Å². The first kappa shape index (κ1) is 26.4. The van der Waals surface area contributed by atoms with Crippen LogP contribution < -0.4 is 14.9 Å². The summed E-state index contributed by atoms with van der Waals surface area (Å²) in [5.41, 5.74) is 5.00. The highest BCUT2D eigenvalue weighted by molar-refractivity contribution is 7.99. The second-order valence-electron chi connectivity index (χ2n) is 7.88. The van der Waals surface area contributed by atoms with Crippen LogP contribution in [0.3, 0.4) is 0 Å². The maximum atomic E-state index is 12.6. The molecule has 0 saturated carbocycles. The number of para-hydroxylation sites is 1. The summed E-state index contributed by atoms with van der Waals surface area (Å²) < 4.78 is 12.6. The van der Waals surface area contributed by atoms with E-state index in [0.29, 0.717) is 33.8 Å². The van der Waals surface area contributed by atoms with E-state index >= 15 is 0 Å². The number of carbonyl (C=O) groups excluding carboxylic acids is 1. The SMILES string of the molecule is COc1ccc(-c2nnc(SCC(=O)N/N=C(/C)c3cccc([N+](=O)[O-])c3)n2-c2ccccc2)cc1OC. The van der Waals surface area contributed by atoms with Crippen molar-refractivity contribution >= 4 is 29.1 Å². The Kier molecular flexibility index (Phi) is 8.34. The van der Waals surface area contributed by atoms with E-state index in [1.807, 2.05) is 47.0 Å². The van der Waals surface area contributed by atoms with Crippen molar-refractivity contribution in [2.24, 2.45) is 5.10 Å². The highest BCUT2D eigenvalue weighted by atomic mass is 32.2. The Morgan fingerprint density at radius 3 is 2.50 bits per heavy atom. The van der Waals surface area contributed by atoms with Gasteiger partial charge in [-0.25, -0.2) is 5.43 Å². The minimum atomic E-state index is -0.481. The van der Waals surface area contributed by atoms with Gasteiger partial charge in [0.2, 0.25) is 0 Å². The number of aromatic nitrogens is 3. The number of hydrazone groups is 1. The lowest BCUT2D eigenvalue weighted by molar-refractivity contribution is -0.384. The topological polar surface area (TPSA) is 134 Å². The summed E-state index contributed by atoms with van der Waals surface area (Å²) in [4.78, 5) is 23.1. The number of hydrogen-bond acceptors (Lipinski definition) is 9. The molecule has 0 atom stereocenters. The predicted octanol–water partition coefficient (Wildman–Crippen LogP) is 4.49. The van der Waals surface area contributed by atoms with Gasteiger partial charge in [0.05, 0.1) is 30.6 Å². The first-order valence-corrected chi connectivity index (χ1v) is 12.3. The fourth-order valence-electron chi connectivity index (χ4n) is 3.55. The van der Waals surface area contributed by atoms with Crippen LogP contribution in [0.5, 0.6) is 11.5 Å². The second kappa shape index (κ2) is 12.0. The highest BCUT2D eigenvalue weighted by Crippen LogP contribution is 2.34. The van der Waals surface area contributed by atoms with Gasteiger partial charge in [-0.05, 0) is 37.3 Å². The molecule has 0 radical (unpaired) electrons. The van der Waals surface area contributed by atoms with Crippen molar-refractivity contribution in [3.8, 4) is 28.6 Å². The Morgan fingerprint density at radius 1 is 1.03 bits per heavy atom. The zero-order valence-electron chi connectivity index (χ0n) is 20.8. The normalized spacial score (nSPS) is 11.2. The van der Waals surface area contributed by atoms with E-state index in [0.717, 1.165) is 11.3 Å². The van der Waals surface area contributed by atoms with Gasteiger partial charge >= 0.3 is 0 Å². The number of nitrogens with one attached hydrogen (secondary N) is 1. The number of nitrogens with zero attached hydrogens (tertiary/aromatic N) is 5. The average molecular weight is 533 g/mol. The Bertz CT molecular complexity index is 1490. The number of benzene rings is 3. The van der Waals surface area contributed by atoms with E-state index in [1.165, 1.54) is 23.9 Å². The van der Waals surface area contributed by atoms with Crippen LogP contribution in [0.15, 0.2) is 83.1 Å². The molecular formula is C26H24N6O5S. The fourth-order valence-corrected chi connectivity index (χ4v) is 4.30. The number of nitro groups is 1. The number of hydrogen-bond donors (Lipinski definition) is 1. The molecule has 0 aliphatic heterocycles. The third-order valence-corrected chi connectivity index (χ3v) is 6.37. The summed E-state index contributed by atoms with van der Waals surface area (Å²) in [5.74, 6) is 1.37. The summed E-state index contributed by atoms with van der Waals surface area (Å²) in [7, 11) is 3.13. The molecule has 12 heteroatoms. The van der Waals surface area contributed by atoms with Gasteiger partial charge in [-0.1, -0.05) is 42.1 Å². The van der Waals surface area contributed by atoms with Crippen LogP contribution in [0, 0.1) is 10.1 Å². The van der Waals surface area contributed by atoms with Crippen molar-refractivity contribution in [3.05, 3.63) is 88.5 Å². The minimum absolute atomic E-state index is 0.0165. The standard InChI is InChI=1S/C26H24N6O5S/c1-17(18-8-7-11-21(14-18)32(34)35)27-28-24(33)16-38-26-30-29-25(31(26)20-9-5-4-6-10-20)19-12-13-22(36-2)23(15-19)37-3/h4-15H,16H2,1-3H3,(H,28,33)/b27-17-. The molecule has 38 heavy (non-hydrogen) atoms. The molecule has 0 unspecified atom stereocenters. The van der Waals surface area contributed by atoms with Gasteiger partial charge in [-0.2, -0.15) is 5.10 Å². The molecule has 4 aromatic rings. The van der Waals surface area contributed by atoms with Crippen LogP contribution in [-0.2, 0) is 4.79 Å². The molecule has 0 bridgehead atoms. The van der Waals surface area contributed by atoms with E-state index in [4.69, 9.17) is 9.47 Å². The molecular weight excluding hydrogens is 508 g/mol. The molecule has 0 aliphatic carbocycles. The predicted molar refractivity (Wildman–Crippen MR) is 144 cm³/mol. The number of carbonyl (C=O) groups is 1. The average Bonchev–Trinajstić information content (AvgIpc) is 3.38. The summed E-state index contributed by atoms with van der Waals surface area (Å²) in [6.45, 7) is 1.66. The third-order valence-electron chi connectivity index (χ3n) is 5.44. The lowest BCUT2D eigenvalue weighted by atomic mass is 10.1. The van der Waals surface area contributed by atoms with Gasteiger partial charge in [0.15, 0.2) is 22.5 Å². The maximum Gasteiger partial charge on any atom is 0.270 e. The second-order valence-corrected chi connectivity index (χ2v) is 8.82. The van der Waals surface area contributed by atoms with Gasteiger partial charge in [0.25, 0.3) is 11.6 Å². The molecule has 1 amide bonds. The molecule has 194 valence electrons. The largest absolute Gasteiger partial charge is 0.493 e. The van der Waals surface area contributed by atoms with Crippen LogP contribution in [0.4, 0.5) is 5.69 Å². The van der Waals surface area contributed by atoms with Crippen LogP contribution in [0.2, 0.25) is 0 Å². The number of methoxy groups -OCH3 is 2. The van der Waals surface area contributed by atoms with Gasteiger partial charge in [-0.15, -0.1) is 10.2 Å². The van der Waals surface area contributed by atoms with Crippen molar-refractivity contribution in [2.75, 3.05) is 20.0 Å². The Hall–Kier alpha value is -4.71. The van der Waals surface area contributed by atoms with Crippen molar-refractivity contribution in [1.82, 2.24) is 20.2 Å². The van der Waals surface area contributed by atoms with Crippen molar-refractivity contribution in [1.29, 1.82) is 0 Å². The molecule has 1 aromatic heterocycles. The van der Waals surface area contributed by atoms with E-state index in [1.54, 1.807) is 39.3 Å². The molecule has 3 aromatic carbocycles. The van der Waals surface area contributed by atoms with Gasteiger partial charge in [-0.3, -0.25) is 19.5 Å². The van der Waals surface area contributed by atoms with Crippen LogP contribution in [0.25, 0.3) is 17.1 Å². The fraction of sp³-hybridized carbons (Fsp3) is 0.154. The Balaban J connectivity index is 1.54. The van der Waals surface area contributed by atoms with Crippen LogP contribution >= 0.6 is 11.8 Å². The van der Waals surface area contributed by atoms with Gasteiger partial charge in [0.1, 0.15) is 0 Å². The van der Waals surface area contributed by atoms with Crippen LogP contribution in [-0.4, -0.2) is 51.3 Å². The molecule has 1 N–H and O–H groups in total. The Morgan fingerprint density at radius 2 is 1.79 bits per heavy atom. The molecule has 0 spiro atoms. The van der Waals surface area contributed by atoms with E-state index in [-0.39, 0.29) is 17.3 Å². The zero-order chi connectivity index (χ0) is 27.1. The van der Waals surface area contributed by atoms with Crippen LogP contribution in [0.1, 0.15) is 12.5 Å². The van der Waals surface area contributed by atoms with Crippen molar-refractivity contribution in [2.45, 2.75) is 12.1 Å². The molecule has 0 aliphatic rings. The summed E-state index contributed by atoms with van der Waals surface area (Å²) in [6.07, 6.45) is 0. The molecule has 1 heterocycles. The number of nitro benzene ring substituents is 1. The zero-order valence-corrected chi connectivity index (χ0v) is 21.6. The summed E-state index contributed by atoms with van der Waals surface area (Å²) in [5, 5.41) is 24.3. The number of rotatable bonds is 10. The maximum absolute atomic E-state index is 12.6. The molecule has 0 saturated heterocycles. The first-order valence-electron chi connectivity index (χ1n) is 11.3. The monoisotopic (exact) mass is 532 g/mol. The van der Waals surface area contributed by atoms with Gasteiger partial charge < -0.3 is 9.47 Å². The van der Waals surface area contributed by atoms with E-state index < -0.39 is 4.92 Å². The first-order chi connectivity index (χ1) is 18.4. The molecule has 11 nitrogen and oxygen atoms in total. The highest BCUT2D eigenvalue weighted by Gasteiger charge is 2.19. The summed E-state index contributed by atoms with van der Waals surface area (Å²) in [6, 6.07) is 21.1. The molecule has 4 rings (SSSR count). The lowest BCUT2D eigenvalue weighted by Gasteiger charge is -2.12. The third kappa shape index (κ3) is 5.98. The van der Waals surface area contributed by atoms with Crippen molar-refractivity contribution < 1.29 is 19.2 Å². The number of non-ortho nitro benzene ring substituents is 1. The van der Waals surface area contributed by atoms with Gasteiger partial charge in [0, 0.05) is 28.9 Å². The quantitative estimate of drug-likeness (QED) is 0.137. The lowest BCUT2D eigenvalue weighted by Crippen LogP contribution is -2.21. The number of ether oxygens (including phenoxy) is 2. The van der Waals surface area contributed by atoms with E-state index in [9.17, 15) is 14.9 Å². The summed E-state index contributed by atoms with van der Waals surface area (Å²) >= 11 is 1.20. The minimum Gasteiger partial charge on any atom is -0.493 e. The van der Waals surface area contributed by atoms with Crippen molar-refractivity contribution in [3.63, 3.8) is 0 Å². The molecule has 0 fully saturated rings. The number of amides is 1.